The molecule has 1 aliphatic carbocycles. The zero-order chi connectivity index (χ0) is 18.8. The summed E-state index contributed by atoms with van der Waals surface area (Å²) in [6.45, 7) is 0. The van der Waals surface area contributed by atoms with E-state index in [0.717, 1.165) is 36.1 Å². The molecule has 0 aliphatic heterocycles. The Morgan fingerprint density at radius 1 is 1.26 bits per heavy atom. The molecule has 3 aromatic rings. The number of esters is 1. The minimum absolute atomic E-state index is 0.298. The van der Waals surface area contributed by atoms with Crippen molar-refractivity contribution in [2.45, 2.75) is 25.7 Å². The molecule has 0 unspecified atom stereocenters. The Kier molecular flexibility index (Phi) is 4.68. The third-order valence-corrected chi connectivity index (χ3v) is 5.72. The SMILES string of the molecule is COC(=O)c1c(NC(=O)c2cccc(-n3cnnn3)c2)sc2c1CCCC2. The highest BCUT2D eigenvalue weighted by atomic mass is 32.1. The first kappa shape index (κ1) is 17.3. The van der Waals surface area contributed by atoms with Crippen LogP contribution in [0.15, 0.2) is 30.6 Å². The van der Waals surface area contributed by atoms with Gasteiger partial charge in [0.1, 0.15) is 11.3 Å². The minimum atomic E-state index is -0.410. The number of thiophene rings is 1. The van der Waals surface area contributed by atoms with Crippen LogP contribution in [0.25, 0.3) is 5.69 Å². The van der Waals surface area contributed by atoms with Crippen LogP contribution in [0.2, 0.25) is 0 Å². The normalized spacial score (nSPS) is 13.1. The number of carbonyl (C=O) groups excluding carboxylic acids is 2. The number of amides is 1. The van der Waals surface area contributed by atoms with Crippen molar-refractivity contribution in [3.63, 3.8) is 0 Å². The number of rotatable bonds is 4. The van der Waals surface area contributed by atoms with E-state index in [1.807, 2.05) is 0 Å². The quantitative estimate of drug-likeness (QED) is 0.696. The highest BCUT2D eigenvalue weighted by molar-refractivity contribution is 7.17. The first-order chi connectivity index (χ1) is 13.2. The molecular weight excluding hydrogens is 366 g/mol. The van der Waals surface area contributed by atoms with Crippen LogP contribution in [0.1, 0.15) is 44.0 Å². The number of hydrogen-bond donors (Lipinski definition) is 1. The molecule has 0 saturated carbocycles. The van der Waals surface area contributed by atoms with Crippen molar-refractivity contribution in [1.29, 1.82) is 0 Å². The lowest BCUT2D eigenvalue weighted by Crippen LogP contribution is -2.15. The molecule has 1 aromatic carbocycles. The number of methoxy groups -OCH3 is 1. The van der Waals surface area contributed by atoms with E-state index in [2.05, 4.69) is 20.8 Å². The summed E-state index contributed by atoms with van der Waals surface area (Å²) in [6, 6.07) is 6.95. The molecule has 0 spiro atoms. The summed E-state index contributed by atoms with van der Waals surface area (Å²) in [5.41, 5.74) is 2.62. The number of benzene rings is 1. The minimum Gasteiger partial charge on any atom is -0.465 e. The molecule has 1 N–H and O–H groups in total. The van der Waals surface area contributed by atoms with Gasteiger partial charge in [0.05, 0.1) is 18.4 Å². The van der Waals surface area contributed by atoms with Crippen LogP contribution in [0.4, 0.5) is 5.00 Å². The molecule has 0 bridgehead atoms. The number of aryl methyl sites for hydroxylation is 1. The lowest BCUT2D eigenvalue weighted by atomic mass is 9.95. The first-order valence-corrected chi connectivity index (χ1v) is 9.36. The predicted molar refractivity (Wildman–Crippen MR) is 99.4 cm³/mol. The van der Waals surface area contributed by atoms with Crippen molar-refractivity contribution in [2.24, 2.45) is 0 Å². The molecule has 8 nitrogen and oxygen atoms in total. The number of tetrazole rings is 1. The standard InChI is InChI=1S/C18H17N5O3S/c1-26-18(25)15-13-7-2-3-8-14(13)27-17(15)20-16(24)11-5-4-6-12(9-11)23-10-19-21-22-23/h4-6,9-10H,2-3,7-8H2,1H3,(H,20,24). The molecule has 0 saturated heterocycles. The molecule has 1 aliphatic rings. The fourth-order valence-corrected chi connectivity index (χ4v) is 4.49. The van der Waals surface area contributed by atoms with Crippen molar-refractivity contribution in [3.05, 3.63) is 52.2 Å². The Hall–Kier alpha value is -3.07. The zero-order valence-corrected chi connectivity index (χ0v) is 15.5. The zero-order valence-electron chi connectivity index (χ0n) is 14.6. The Bertz CT molecular complexity index is 997. The summed E-state index contributed by atoms with van der Waals surface area (Å²) in [5, 5.41) is 14.5. The average Bonchev–Trinajstić information content (AvgIpc) is 3.35. The Labute approximate surface area is 159 Å². The van der Waals surface area contributed by atoms with E-state index in [4.69, 9.17) is 4.74 Å². The summed E-state index contributed by atoms with van der Waals surface area (Å²) in [5.74, 6) is -0.708. The molecule has 0 fully saturated rings. The van der Waals surface area contributed by atoms with E-state index < -0.39 is 5.97 Å². The monoisotopic (exact) mass is 383 g/mol. The highest BCUT2D eigenvalue weighted by Crippen LogP contribution is 2.38. The number of fused-ring (bicyclic) bond motifs is 1. The van der Waals surface area contributed by atoms with Crippen molar-refractivity contribution in [2.75, 3.05) is 12.4 Å². The number of nitrogens with one attached hydrogen (secondary N) is 1. The number of anilines is 1. The van der Waals surface area contributed by atoms with Gasteiger partial charge in [-0.1, -0.05) is 6.07 Å². The Morgan fingerprint density at radius 2 is 2.11 bits per heavy atom. The van der Waals surface area contributed by atoms with Gasteiger partial charge in [0.15, 0.2) is 0 Å². The molecular formula is C18H17N5O3S. The summed E-state index contributed by atoms with van der Waals surface area (Å²) in [6.07, 6.45) is 5.35. The largest absolute Gasteiger partial charge is 0.465 e. The predicted octanol–water partition coefficient (Wildman–Crippen LogP) is 2.64. The van der Waals surface area contributed by atoms with E-state index in [-0.39, 0.29) is 5.91 Å². The van der Waals surface area contributed by atoms with Crippen molar-refractivity contribution in [1.82, 2.24) is 20.2 Å². The highest BCUT2D eigenvalue weighted by Gasteiger charge is 2.27. The van der Waals surface area contributed by atoms with Gasteiger partial charge < -0.3 is 10.1 Å². The van der Waals surface area contributed by atoms with Gasteiger partial charge in [0.25, 0.3) is 5.91 Å². The van der Waals surface area contributed by atoms with E-state index in [1.165, 1.54) is 29.5 Å². The van der Waals surface area contributed by atoms with Gasteiger partial charge in [-0.25, -0.2) is 9.48 Å². The summed E-state index contributed by atoms with van der Waals surface area (Å²) in [4.78, 5) is 26.2. The molecule has 4 rings (SSSR count). The average molecular weight is 383 g/mol. The van der Waals surface area contributed by atoms with Crippen LogP contribution in [-0.2, 0) is 17.6 Å². The number of aromatic nitrogens is 4. The third kappa shape index (κ3) is 3.33. The maximum atomic E-state index is 12.8. The van der Waals surface area contributed by atoms with Gasteiger partial charge in [0.2, 0.25) is 0 Å². The van der Waals surface area contributed by atoms with Gasteiger partial charge in [0, 0.05) is 10.4 Å². The second-order valence-electron chi connectivity index (χ2n) is 6.17. The molecule has 27 heavy (non-hydrogen) atoms. The van der Waals surface area contributed by atoms with Gasteiger partial charge in [-0.05, 0) is 59.9 Å². The molecule has 138 valence electrons. The topological polar surface area (TPSA) is 99.0 Å². The van der Waals surface area contributed by atoms with Gasteiger partial charge in [-0.3, -0.25) is 4.79 Å². The van der Waals surface area contributed by atoms with E-state index in [9.17, 15) is 9.59 Å². The summed E-state index contributed by atoms with van der Waals surface area (Å²) in [7, 11) is 1.36. The number of ether oxygens (including phenoxy) is 1. The molecule has 0 radical (unpaired) electrons. The Balaban J connectivity index is 1.65. The van der Waals surface area contributed by atoms with E-state index >= 15 is 0 Å². The molecule has 0 atom stereocenters. The number of carbonyl (C=O) groups is 2. The van der Waals surface area contributed by atoms with Crippen LogP contribution in [0, 0.1) is 0 Å². The van der Waals surface area contributed by atoms with Crippen LogP contribution in [0.5, 0.6) is 0 Å². The van der Waals surface area contributed by atoms with Crippen LogP contribution in [0.3, 0.4) is 0 Å². The third-order valence-electron chi connectivity index (χ3n) is 4.51. The second-order valence-corrected chi connectivity index (χ2v) is 7.27. The van der Waals surface area contributed by atoms with Crippen molar-refractivity contribution in [3.8, 4) is 5.69 Å². The van der Waals surface area contributed by atoms with Crippen molar-refractivity contribution >= 4 is 28.2 Å². The van der Waals surface area contributed by atoms with Gasteiger partial charge in [-0.2, -0.15) is 0 Å². The lowest BCUT2D eigenvalue weighted by molar-refractivity contribution is 0.0601. The molecule has 9 heteroatoms. The lowest BCUT2D eigenvalue weighted by Gasteiger charge is -2.11. The fourth-order valence-electron chi connectivity index (χ4n) is 3.22. The fraction of sp³-hybridized carbons (Fsp3) is 0.278. The summed E-state index contributed by atoms with van der Waals surface area (Å²) >= 11 is 1.46. The molecule has 2 heterocycles. The van der Waals surface area contributed by atoms with Crippen LogP contribution < -0.4 is 5.32 Å². The smallest absolute Gasteiger partial charge is 0.341 e. The first-order valence-electron chi connectivity index (χ1n) is 8.55. The Morgan fingerprint density at radius 3 is 2.89 bits per heavy atom. The van der Waals surface area contributed by atoms with Crippen molar-refractivity contribution < 1.29 is 14.3 Å². The van der Waals surface area contributed by atoms with E-state index in [1.54, 1.807) is 24.3 Å². The van der Waals surface area contributed by atoms with Crippen LogP contribution in [-0.4, -0.2) is 39.2 Å². The number of hydrogen-bond acceptors (Lipinski definition) is 7. The van der Waals surface area contributed by atoms with Crippen LogP contribution >= 0.6 is 11.3 Å². The molecule has 1 amide bonds. The summed E-state index contributed by atoms with van der Waals surface area (Å²) < 4.78 is 6.42. The maximum absolute atomic E-state index is 12.8. The number of nitrogens with zero attached hydrogens (tertiary/aromatic N) is 4. The molecule has 2 aromatic heterocycles. The van der Waals surface area contributed by atoms with Gasteiger partial charge in [-0.15, -0.1) is 16.4 Å². The van der Waals surface area contributed by atoms with E-state index in [0.29, 0.717) is 21.8 Å². The van der Waals surface area contributed by atoms with Gasteiger partial charge >= 0.3 is 5.97 Å². The second kappa shape index (κ2) is 7.28. The maximum Gasteiger partial charge on any atom is 0.341 e.